The average Bonchev–Trinajstić information content (AvgIpc) is 2.66. The average molecular weight is 270 g/mol. The van der Waals surface area contributed by atoms with Crippen molar-refractivity contribution >= 4 is 12.0 Å². The molecule has 18 heavy (non-hydrogen) atoms. The molecule has 1 aliphatic rings. The molecule has 0 aromatic carbocycles. The van der Waals surface area contributed by atoms with Crippen molar-refractivity contribution in [2.45, 2.75) is 24.7 Å². The first kappa shape index (κ1) is 14.6. The summed E-state index contributed by atoms with van der Waals surface area (Å²) in [4.78, 5) is 23.6. The van der Waals surface area contributed by atoms with Crippen molar-refractivity contribution in [3.05, 3.63) is 0 Å². The zero-order chi connectivity index (χ0) is 13.9. The van der Waals surface area contributed by atoms with E-state index in [0.717, 1.165) is 12.0 Å². The first-order valence-electron chi connectivity index (χ1n) is 5.11. The number of rotatable bonds is 2. The zero-order valence-corrected chi connectivity index (χ0v) is 9.53. The Hall–Kier alpha value is -1.51. The molecule has 2 amide bonds. The maximum atomic E-state index is 11.9. The molecule has 1 aliphatic heterocycles. The molecule has 1 fully saturated rings. The minimum Gasteiger partial charge on any atom is -0.467 e. The number of hydrogen-bond donors (Lipinski definition) is 2. The number of nitrogens with zero attached hydrogens (tertiary/aromatic N) is 1. The van der Waals surface area contributed by atoms with E-state index in [0.29, 0.717) is 0 Å². The predicted molar refractivity (Wildman–Crippen MR) is 52.6 cm³/mol. The van der Waals surface area contributed by atoms with Gasteiger partial charge in [0.1, 0.15) is 12.6 Å². The van der Waals surface area contributed by atoms with Crippen LogP contribution in [0, 0.1) is 0 Å². The van der Waals surface area contributed by atoms with Gasteiger partial charge >= 0.3 is 18.2 Å². The summed E-state index contributed by atoms with van der Waals surface area (Å²) < 4.78 is 40.2. The number of aliphatic hydroxyl groups excluding tert-OH is 1. The minimum atomic E-state index is -4.53. The Balaban J connectivity index is 2.62. The molecule has 1 saturated heterocycles. The summed E-state index contributed by atoms with van der Waals surface area (Å²) in [5, 5.41) is 11.0. The molecular weight excluding hydrogens is 257 g/mol. The van der Waals surface area contributed by atoms with E-state index in [1.165, 1.54) is 0 Å². The lowest BCUT2D eigenvalue weighted by atomic mass is 10.2. The molecule has 0 saturated carbocycles. The molecule has 0 aromatic heterocycles. The number of urea groups is 1. The van der Waals surface area contributed by atoms with Crippen molar-refractivity contribution in [1.29, 1.82) is 0 Å². The molecule has 0 aromatic rings. The third kappa shape index (κ3) is 3.76. The summed E-state index contributed by atoms with van der Waals surface area (Å²) in [6.07, 6.45) is -5.54. The number of aliphatic hydroxyl groups is 1. The predicted octanol–water partition coefficient (Wildman–Crippen LogP) is -0.134. The van der Waals surface area contributed by atoms with Crippen LogP contribution in [0.4, 0.5) is 18.0 Å². The van der Waals surface area contributed by atoms with Gasteiger partial charge in [-0.25, -0.2) is 9.59 Å². The van der Waals surface area contributed by atoms with Gasteiger partial charge in [0.2, 0.25) is 0 Å². The van der Waals surface area contributed by atoms with Gasteiger partial charge < -0.3 is 20.1 Å². The summed E-state index contributed by atoms with van der Waals surface area (Å²) in [5.41, 5.74) is 0. The van der Waals surface area contributed by atoms with E-state index < -0.39 is 36.9 Å². The smallest absolute Gasteiger partial charge is 0.405 e. The van der Waals surface area contributed by atoms with E-state index in [4.69, 9.17) is 0 Å². The Morgan fingerprint density at radius 2 is 2.11 bits per heavy atom. The van der Waals surface area contributed by atoms with Gasteiger partial charge in [-0.3, -0.25) is 0 Å². The van der Waals surface area contributed by atoms with Crippen molar-refractivity contribution in [2.24, 2.45) is 0 Å². The standard InChI is InChI=1S/C9H13F3N2O4/c1-18-7(16)6-2-5(15)3-14(6)8(17)13-4-9(10,11)12/h5-6,15H,2-4H2,1H3,(H,13,17). The highest BCUT2D eigenvalue weighted by Crippen LogP contribution is 2.19. The van der Waals surface area contributed by atoms with E-state index >= 15 is 0 Å². The van der Waals surface area contributed by atoms with Crippen LogP contribution in [-0.2, 0) is 9.53 Å². The van der Waals surface area contributed by atoms with Gasteiger partial charge in [0.15, 0.2) is 0 Å². The van der Waals surface area contributed by atoms with Crippen LogP contribution in [0.2, 0.25) is 0 Å². The Labute approximate surface area is 101 Å². The van der Waals surface area contributed by atoms with Crippen molar-refractivity contribution in [3.8, 4) is 0 Å². The fraction of sp³-hybridized carbons (Fsp3) is 0.778. The summed E-state index contributed by atoms with van der Waals surface area (Å²) in [6.45, 7) is -1.70. The Morgan fingerprint density at radius 3 is 2.61 bits per heavy atom. The summed E-state index contributed by atoms with van der Waals surface area (Å²) in [5.74, 6) is -0.770. The molecule has 6 nitrogen and oxygen atoms in total. The number of ether oxygens (including phenoxy) is 1. The maximum absolute atomic E-state index is 11.9. The van der Waals surface area contributed by atoms with Gasteiger partial charge in [-0.1, -0.05) is 0 Å². The molecular formula is C9H13F3N2O4. The first-order chi connectivity index (χ1) is 8.24. The molecule has 1 rings (SSSR count). The molecule has 0 spiro atoms. The number of hydrogen-bond acceptors (Lipinski definition) is 4. The topological polar surface area (TPSA) is 78.9 Å². The number of amides is 2. The van der Waals surface area contributed by atoms with Crippen LogP contribution >= 0.6 is 0 Å². The number of carbonyl (C=O) groups is 2. The van der Waals surface area contributed by atoms with Gasteiger partial charge in [0.25, 0.3) is 0 Å². The normalized spacial score (nSPS) is 23.9. The van der Waals surface area contributed by atoms with Crippen LogP contribution in [0.15, 0.2) is 0 Å². The zero-order valence-electron chi connectivity index (χ0n) is 9.53. The van der Waals surface area contributed by atoms with Crippen LogP contribution in [-0.4, -0.2) is 60.5 Å². The van der Waals surface area contributed by atoms with Gasteiger partial charge in [0, 0.05) is 13.0 Å². The van der Waals surface area contributed by atoms with E-state index in [1.807, 2.05) is 0 Å². The lowest BCUT2D eigenvalue weighted by Crippen LogP contribution is -2.48. The second-order valence-corrected chi connectivity index (χ2v) is 3.85. The molecule has 1 heterocycles. The fourth-order valence-electron chi connectivity index (χ4n) is 1.68. The fourth-order valence-corrected chi connectivity index (χ4v) is 1.68. The van der Waals surface area contributed by atoms with Gasteiger partial charge in [-0.05, 0) is 0 Å². The van der Waals surface area contributed by atoms with Gasteiger partial charge in [-0.15, -0.1) is 0 Å². The van der Waals surface area contributed by atoms with Crippen LogP contribution in [0.3, 0.4) is 0 Å². The number of alkyl halides is 3. The number of likely N-dealkylation sites (tertiary alicyclic amines) is 1. The lowest BCUT2D eigenvalue weighted by molar-refractivity contribution is -0.145. The summed E-state index contributed by atoms with van der Waals surface area (Å²) in [7, 11) is 1.10. The Bertz CT molecular complexity index is 334. The Morgan fingerprint density at radius 1 is 1.50 bits per heavy atom. The number of esters is 1. The molecule has 9 heteroatoms. The number of nitrogens with one attached hydrogen (secondary N) is 1. The largest absolute Gasteiger partial charge is 0.467 e. The van der Waals surface area contributed by atoms with Crippen LogP contribution in [0.5, 0.6) is 0 Å². The maximum Gasteiger partial charge on any atom is 0.405 e. The molecule has 2 unspecified atom stereocenters. The van der Waals surface area contributed by atoms with E-state index in [2.05, 4.69) is 4.74 Å². The molecule has 0 bridgehead atoms. The van der Waals surface area contributed by atoms with E-state index in [9.17, 15) is 27.9 Å². The number of carbonyl (C=O) groups excluding carboxylic acids is 2. The first-order valence-corrected chi connectivity index (χ1v) is 5.11. The van der Waals surface area contributed by atoms with Crippen LogP contribution < -0.4 is 5.32 Å². The molecule has 0 aliphatic carbocycles. The van der Waals surface area contributed by atoms with Crippen LogP contribution in [0.25, 0.3) is 0 Å². The van der Waals surface area contributed by atoms with Crippen molar-refractivity contribution in [3.63, 3.8) is 0 Å². The number of β-amino-alcohol motifs (C(OH)–C–C–N with tert-alkyl or cyclic N) is 1. The summed E-state index contributed by atoms with van der Waals surface area (Å²) in [6, 6.07) is -2.11. The second kappa shape index (κ2) is 5.42. The van der Waals surface area contributed by atoms with Crippen molar-refractivity contribution in [1.82, 2.24) is 10.2 Å². The van der Waals surface area contributed by atoms with E-state index in [1.54, 1.807) is 5.32 Å². The van der Waals surface area contributed by atoms with Crippen molar-refractivity contribution in [2.75, 3.05) is 20.2 Å². The molecule has 2 atom stereocenters. The second-order valence-electron chi connectivity index (χ2n) is 3.85. The highest BCUT2D eigenvalue weighted by molar-refractivity contribution is 5.84. The lowest BCUT2D eigenvalue weighted by Gasteiger charge is -2.22. The molecule has 104 valence electrons. The monoisotopic (exact) mass is 270 g/mol. The summed E-state index contributed by atoms with van der Waals surface area (Å²) >= 11 is 0. The highest BCUT2D eigenvalue weighted by atomic mass is 19.4. The molecule has 0 radical (unpaired) electrons. The van der Waals surface area contributed by atoms with Crippen molar-refractivity contribution < 1.29 is 32.6 Å². The Kier molecular flexibility index (Phi) is 4.38. The van der Waals surface area contributed by atoms with E-state index in [-0.39, 0.29) is 13.0 Å². The minimum absolute atomic E-state index is 0.0495. The van der Waals surface area contributed by atoms with Gasteiger partial charge in [0.05, 0.1) is 13.2 Å². The molecule has 2 N–H and O–H groups in total. The third-order valence-corrected chi connectivity index (χ3v) is 2.45. The third-order valence-electron chi connectivity index (χ3n) is 2.45. The number of methoxy groups -OCH3 is 1. The van der Waals surface area contributed by atoms with Crippen LogP contribution in [0.1, 0.15) is 6.42 Å². The quantitative estimate of drug-likeness (QED) is 0.685. The number of halogens is 3. The SMILES string of the molecule is COC(=O)C1CC(O)CN1C(=O)NCC(F)(F)F. The highest BCUT2D eigenvalue weighted by Gasteiger charge is 2.40. The van der Waals surface area contributed by atoms with Gasteiger partial charge in [-0.2, -0.15) is 13.2 Å².